The fourth-order valence-corrected chi connectivity index (χ4v) is 3.13. The van der Waals surface area contributed by atoms with Gasteiger partial charge in [0.05, 0.1) is 0 Å². The molecule has 4 rings (SSSR count). The molecule has 1 aliphatic rings. The van der Waals surface area contributed by atoms with Gasteiger partial charge in [-0.05, 0) is 37.1 Å². The standard InChI is InChI=1S/C21H22N4O4/c1-12(2)17(21-24-19(25-29-21)14-7-6-10-22-11-14)23-20(26)18-13(3)27-15-8-4-5-9-16(15)28-18/h4-13,17-18H,1-3H3,(H,23,26). The summed E-state index contributed by atoms with van der Waals surface area (Å²) in [7, 11) is 0. The molecule has 150 valence electrons. The molecule has 1 aliphatic heterocycles. The molecule has 1 amide bonds. The quantitative estimate of drug-likeness (QED) is 0.709. The number of hydrogen-bond donors (Lipinski definition) is 1. The number of carbonyl (C=O) groups excluding carboxylic acids is 1. The Kier molecular flexibility index (Phi) is 5.16. The summed E-state index contributed by atoms with van der Waals surface area (Å²) in [6.07, 6.45) is 2.11. The largest absolute Gasteiger partial charge is 0.482 e. The van der Waals surface area contributed by atoms with Crippen molar-refractivity contribution in [2.45, 2.75) is 39.0 Å². The molecule has 0 radical (unpaired) electrons. The Hall–Kier alpha value is -3.42. The van der Waals surface area contributed by atoms with Crippen molar-refractivity contribution in [2.75, 3.05) is 0 Å². The molecule has 3 unspecified atom stereocenters. The second-order valence-electron chi connectivity index (χ2n) is 7.24. The summed E-state index contributed by atoms with van der Waals surface area (Å²) in [4.78, 5) is 21.5. The van der Waals surface area contributed by atoms with Gasteiger partial charge in [-0.1, -0.05) is 31.1 Å². The van der Waals surface area contributed by atoms with Gasteiger partial charge in [-0.3, -0.25) is 9.78 Å². The van der Waals surface area contributed by atoms with E-state index in [9.17, 15) is 4.79 Å². The maximum absolute atomic E-state index is 13.0. The van der Waals surface area contributed by atoms with Gasteiger partial charge in [-0.15, -0.1) is 0 Å². The van der Waals surface area contributed by atoms with Gasteiger partial charge < -0.3 is 19.3 Å². The average Bonchev–Trinajstić information content (AvgIpc) is 3.21. The van der Waals surface area contributed by atoms with E-state index in [4.69, 9.17) is 14.0 Å². The summed E-state index contributed by atoms with van der Waals surface area (Å²) in [6, 6.07) is 10.5. The third kappa shape index (κ3) is 3.91. The number of hydrogen-bond acceptors (Lipinski definition) is 7. The summed E-state index contributed by atoms with van der Waals surface area (Å²) in [5.74, 6) is 1.65. The minimum absolute atomic E-state index is 0.0215. The SMILES string of the molecule is CC(C)C(NC(=O)C1Oc2ccccc2OC1C)c1nc(-c2cccnc2)no1. The Morgan fingerprint density at radius 1 is 1.10 bits per heavy atom. The molecule has 8 nitrogen and oxygen atoms in total. The molecule has 8 heteroatoms. The van der Waals surface area contributed by atoms with Crippen LogP contribution in [0.2, 0.25) is 0 Å². The maximum atomic E-state index is 13.0. The number of aromatic nitrogens is 3. The van der Waals surface area contributed by atoms with Gasteiger partial charge in [-0.2, -0.15) is 4.98 Å². The molecule has 1 N–H and O–H groups in total. The molecule has 0 aliphatic carbocycles. The highest BCUT2D eigenvalue weighted by atomic mass is 16.6. The minimum Gasteiger partial charge on any atom is -0.482 e. The molecule has 0 bridgehead atoms. The molecule has 0 fully saturated rings. The highest BCUT2D eigenvalue weighted by Crippen LogP contribution is 2.34. The lowest BCUT2D eigenvalue weighted by atomic mass is 10.0. The van der Waals surface area contributed by atoms with Crippen LogP contribution >= 0.6 is 0 Å². The number of fused-ring (bicyclic) bond motifs is 1. The lowest BCUT2D eigenvalue weighted by molar-refractivity contribution is -0.134. The highest BCUT2D eigenvalue weighted by Gasteiger charge is 2.36. The van der Waals surface area contributed by atoms with E-state index < -0.39 is 18.2 Å². The van der Waals surface area contributed by atoms with Crippen molar-refractivity contribution in [3.63, 3.8) is 0 Å². The van der Waals surface area contributed by atoms with Crippen LogP contribution in [0, 0.1) is 5.92 Å². The molecule has 29 heavy (non-hydrogen) atoms. The van der Waals surface area contributed by atoms with Crippen LogP contribution in [0.15, 0.2) is 53.3 Å². The molecule has 3 atom stereocenters. The lowest BCUT2D eigenvalue weighted by Gasteiger charge is -2.32. The molecular weight excluding hydrogens is 372 g/mol. The van der Waals surface area contributed by atoms with Crippen LogP contribution in [-0.4, -0.2) is 33.2 Å². The van der Waals surface area contributed by atoms with Crippen LogP contribution in [-0.2, 0) is 4.79 Å². The zero-order chi connectivity index (χ0) is 20.4. The molecule has 3 heterocycles. The second kappa shape index (κ2) is 7.90. The van der Waals surface area contributed by atoms with Crippen LogP contribution in [0.1, 0.15) is 32.7 Å². The Balaban J connectivity index is 1.52. The van der Waals surface area contributed by atoms with E-state index >= 15 is 0 Å². The van der Waals surface area contributed by atoms with Gasteiger partial charge >= 0.3 is 0 Å². The zero-order valence-electron chi connectivity index (χ0n) is 16.4. The van der Waals surface area contributed by atoms with Crippen molar-refractivity contribution in [3.05, 3.63) is 54.7 Å². The topological polar surface area (TPSA) is 99.4 Å². The van der Waals surface area contributed by atoms with E-state index in [-0.39, 0.29) is 11.8 Å². The van der Waals surface area contributed by atoms with Crippen molar-refractivity contribution in [1.82, 2.24) is 20.4 Å². The van der Waals surface area contributed by atoms with Gasteiger partial charge in [-0.25, -0.2) is 0 Å². The Morgan fingerprint density at radius 3 is 2.55 bits per heavy atom. The Labute approximate surface area is 168 Å². The fraction of sp³-hybridized carbons (Fsp3) is 0.333. The van der Waals surface area contributed by atoms with E-state index in [1.165, 1.54) is 0 Å². The third-order valence-corrected chi connectivity index (χ3v) is 4.69. The summed E-state index contributed by atoms with van der Waals surface area (Å²) in [6.45, 7) is 5.74. The van der Waals surface area contributed by atoms with E-state index in [1.807, 2.05) is 38.1 Å². The number of ether oxygens (including phenoxy) is 2. The Morgan fingerprint density at radius 2 is 1.86 bits per heavy atom. The highest BCUT2D eigenvalue weighted by molar-refractivity contribution is 5.82. The first-order valence-corrected chi connectivity index (χ1v) is 9.49. The molecule has 0 spiro atoms. The van der Waals surface area contributed by atoms with Gasteiger partial charge in [0.25, 0.3) is 5.91 Å². The van der Waals surface area contributed by atoms with Gasteiger partial charge in [0.2, 0.25) is 17.8 Å². The monoisotopic (exact) mass is 394 g/mol. The predicted molar refractivity (Wildman–Crippen MR) is 104 cm³/mol. The summed E-state index contributed by atoms with van der Waals surface area (Å²) in [5.41, 5.74) is 0.741. The zero-order valence-corrected chi connectivity index (χ0v) is 16.4. The number of nitrogens with zero attached hydrogens (tertiary/aromatic N) is 3. The van der Waals surface area contributed by atoms with Crippen molar-refractivity contribution >= 4 is 5.91 Å². The third-order valence-electron chi connectivity index (χ3n) is 4.69. The number of benzene rings is 1. The van der Waals surface area contributed by atoms with E-state index in [0.29, 0.717) is 23.2 Å². The second-order valence-corrected chi connectivity index (χ2v) is 7.24. The van der Waals surface area contributed by atoms with Crippen LogP contribution in [0.25, 0.3) is 11.4 Å². The van der Waals surface area contributed by atoms with Crippen molar-refractivity contribution in [1.29, 1.82) is 0 Å². The fourth-order valence-electron chi connectivity index (χ4n) is 3.13. The first kappa shape index (κ1) is 18.9. The molecular formula is C21H22N4O4. The number of nitrogens with one attached hydrogen (secondary N) is 1. The van der Waals surface area contributed by atoms with Crippen LogP contribution < -0.4 is 14.8 Å². The maximum Gasteiger partial charge on any atom is 0.265 e. The molecule has 1 aromatic carbocycles. The number of carbonyl (C=O) groups is 1. The van der Waals surface area contributed by atoms with E-state index in [1.54, 1.807) is 31.5 Å². The van der Waals surface area contributed by atoms with E-state index in [0.717, 1.165) is 5.56 Å². The first-order valence-electron chi connectivity index (χ1n) is 9.49. The van der Waals surface area contributed by atoms with Crippen LogP contribution in [0.4, 0.5) is 0 Å². The molecule has 0 saturated carbocycles. The van der Waals surface area contributed by atoms with Crippen LogP contribution in [0.5, 0.6) is 11.5 Å². The predicted octanol–water partition coefficient (Wildman–Crippen LogP) is 3.17. The lowest BCUT2D eigenvalue weighted by Crippen LogP contribution is -2.50. The summed E-state index contributed by atoms with van der Waals surface area (Å²) in [5, 5.41) is 6.99. The number of rotatable bonds is 5. The Bertz CT molecular complexity index is 989. The van der Waals surface area contributed by atoms with E-state index in [2.05, 4.69) is 20.4 Å². The normalized spacial score (nSPS) is 19.0. The summed E-state index contributed by atoms with van der Waals surface area (Å²) >= 11 is 0. The van der Waals surface area contributed by atoms with Gasteiger partial charge in [0, 0.05) is 18.0 Å². The molecule has 0 saturated heterocycles. The molecule has 3 aromatic rings. The molecule has 2 aromatic heterocycles. The van der Waals surface area contributed by atoms with Crippen molar-refractivity contribution in [3.8, 4) is 22.9 Å². The smallest absolute Gasteiger partial charge is 0.265 e. The average molecular weight is 394 g/mol. The van der Waals surface area contributed by atoms with Gasteiger partial charge in [0.1, 0.15) is 12.1 Å². The van der Waals surface area contributed by atoms with Crippen molar-refractivity contribution in [2.24, 2.45) is 5.92 Å². The van der Waals surface area contributed by atoms with Crippen molar-refractivity contribution < 1.29 is 18.8 Å². The first-order chi connectivity index (χ1) is 14.0. The number of amides is 1. The number of pyridine rings is 1. The summed E-state index contributed by atoms with van der Waals surface area (Å²) < 4.78 is 17.2. The van der Waals surface area contributed by atoms with Crippen LogP contribution in [0.3, 0.4) is 0 Å². The number of para-hydroxylation sites is 2. The van der Waals surface area contributed by atoms with Gasteiger partial charge in [0.15, 0.2) is 11.5 Å². The minimum atomic E-state index is -0.785.